The van der Waals surface area contributed by atoms with Crippen LogP contribution in [0, 0.1) is 17.8 Å². The number of carbonyl (C=O) groups is 1. The molecule has 0 aromatic rings. The fourth-order valence-electron chi connectivity index (χ4n) is 5.03. The normalized spacial score (nSPS) is 25.5. The lowest BCUT2D eigenvalue weighted by molar-refractivity contribution is -0.135. The van der Waals surface area contributed by atoms with Crippen LogP contribution >= 0.6 is 0 Å². The number of guanidine groups is 1. The van der Waals surface area contributed by atoms with Crippen molar-refractivity contribution >= 4 is 11.9 Å². The number of nitrogens with one attached hydrogen (secondary N) is 1. The molecule has 1 unspecified atom stereocenters. The third-order valence-electron chi connectivity index (χ3n) is 7.18. The van der Waals surface area contributed by atoms with Gasteiger partial charge in [0.15, 0.2) is 5.96 Å². The van der Waals surface area contributed by atoms with E-state index in [0.717, 1.165) is 88.9 Å². The highest BCUT2D eigenvalue weighted by molar-refractivity contribution is 5.82. The lowest BCUT2D eigenvalue weighted by Crippen LogP contribution is -2.57. The predicted octanol–water partition coefficient (Wildman–Crippen LogP) is 2.02. The molecule has 4 aliphatic rings. The Bertz CT molecular complexity index is 545. The van der Waals surface area contributed by atoms with Gasteiger partial charge in [-0.3, -0.25) is 14.7 Å². The summed E-state index contributed by atoms with van der Waals surface area (Å²) in [6, 6.07) is 0.00823. The van der Waals surface area contributed by atoms with E-state index in [2.05, 4.69) is 33.9 Å². The van der Waals surface area contributed by atoms with Gasteiger partial charge < -0.3 is 15.1 Å². The molecule has 1 atom stereocenters. The number of aliphatic imine (C=N–C) groups is 1. The van der Waals surface area contributed by atoms with Gasteiger partial charge in [0.2, 0.25) is 5.91 Å². The zero-order chi connectivity index (χ0) is 19.5. The lowest BCUT2D eigenvalue weighted by atomic mass is 9.98. The number of hydrogen-bond donors (Lipinski definition) is 1. The van der Waals surface area contributed by atoms with Crippen LogP contribution in [0.4, 0.5) is 0 Å². The molecule has 1 N–H and O–H groups in total. The molecular weight excluding hydrogens is 350 g/mol. The lowest BCUT2D eigenvalue weighted by Gasteiger charge is -2.39. The van der Waals surface area contributed by atoms with Crippen LogP contribution in [0.25, 0.3) is 0 Å². The maximum Gasteiger partial charge on any atom is 0.239 e. The SMILES string of the molecule is CCNC(=NCC(C1CC1)C1CC1)N1CCN(C(C)C(=O)N2CCCC2)CC1. The molecule has 0 radical (unpaired) electrons. The Morgan fingerprint density at radius 2 is 1.57 bits per heavy atom. The van der Waals surface area contributed by atoms with Crippen molar-refractivity contribution in [3.05, 3.63) is 0 Å². The van der Waals surface area contributed by atoms with Gasteiger partial charge in [0.1, 0.15) is 0 Å². The summed E-state index contributed by atoms with van der Waals surface area (Å²) in [5.74, 6) is 4.14. The molecule has 4 rings (SSSR count). The van der Waals surface area contributed by atoms with Gasteiger partial charge in [0, 0.05) is 52.4 Å². The molecule has 158 valence electrons. The Kier molecular flexibility index (Phi) is 6.44. The maximum absolute atomic E-state index is 12.7. The van der Waals surface area contributed by atoms with Crippen molar-refractivity contribution in [2.24, 2.45) is 22.7 Å². The van der Waals surface area contributed by atoms with Crippen molar-refractivity contribution in [3.63, 3.8) is 0 Å². The number of likely N-dealkylation sites (tertiary alicyclic amines) is 1. The molecule has 2 heterocycles. The van der Waals surface area contributed by atoms with Crippen LogP contribution in [0.5, 0.6) is 0 Å². The van der Waals surface area contributed by atoms with Crippen LogP contribution < -0.4 is 5.32 Å². The second kappa shape index (κ2) is 9.02. The van der Waals surface area contributed by atoms with Crippen LogP contribution in [-0.2, 0) is 4.79 Å². The summed E-state index contributed by atoms with van der Waals surface area (Å²) in [6.07, 6.45) is 8.03. The summed E-state index contributed by atoms with van der Waals surface area (Å²) in [6.45, 7) is 11.9. The van der Waals surface area contributed by atoms with E-state index in [-0.39, 0.29) is 6.04 Å². The van der Waals surface area contributed by atoms with E-state index in [1.165, 1.54) is 25.7 Å². The number of piperazine rings is 1. The van der Waals surface area contributed by atoms with Crippen LogP contribution in [-0.4, -0.2) is 85.0 Å². The van der Waals surface area contributed by atoms with E-state index in [1.54, 1.807) is 0 Å². The molecule has 2 saturated carbocycles. The van der Waals surface area contributed by atoms with E-state index in [4.69, 9.17) is 4.99 Å². The molecule has 6 heteroatoms. The van der Waals surface area contributed by atoms with Gasteiger partial charge in [0.05, 0.1) is 6.04 Å². The standard InChI is InChI=1S/C22H39N5O/c1-3-23-22(24-16-20(18-6-7-18)19-8-9-19)27-14-12-25(13-15-27)17(2)21(28)26-10-4-5-11-26/h17-20H,3-16H2,1-2H3,(H,23,24). The second-order valence-electron chi connectivity index (χ2n) is 9.26. The molecule has 0 aromatic heterocycles. The third kappa shape index (κ3) is 4.81. The fraction of sp³-hybridized carbons (Fsp3) is 0.909. The van der Waals surface area contributed by atoms with Crippen molar-refractivity contribution in [1.82, 2.24) is 20.0 Å². The molecule has 2 aliphatic heterocycles. The summed E-state index contributed by atoms with van der Waals surface area (Å²) < 4.78 is 0. The van der Waals surface area contributed by atoms with Crippen LogP contribution in [0.3, 0.4) is 0 Å². The van der Waals surface area contributed by atoms with Gasteiger partial charge in [0.25, 0.3) is 0 Å². The number of hydrogen-bond acceptors (Lipinski definition) is 3. The Balaban J connectivity index is 1.30. The van der Waals surface area contributed by atoms with Gasteiger partial charge in [-0.15, -0.1) is 0 Å². The van der Waals surface area contributed by atoms with Crippen molar-refractivity contribution in [3.8, 4) is 0 Å². The molecule has 28 heavy (non-hydrogen) atoms. The monoisotopic (exact) mass is 389 g/mol. The maximum atomic E-state index is 12.7. The summed E-state index contributed by atoms with van der Waals surface area (Å²) in [5, 5.41) is 3.52. The summed E-state index contributed by atoms with van der Waals surface area (Å²) in [5.41, 5.74) is 0. The Hall–Kier alpha value is -1.30. The highest BCUT2D eigenvalue weighted by Crippen LogP contribution is 2.49. The minimum atomic E-state index is 0.00823. The molecule has 4 fully saturated rings. The smallest absolute Gasteiger partial charge is 0.239 e. The van der Waals surface area contributed by atoms with Gasteiger partial charge >= 0.3 is 0 Å². The van der Waals surface area contributed by atoms with Gasteiger partial charge in [-0.2, -0.15) is 0 Å². The van der Waals surface area contributed by atoms with Crippen LogP contribution in [0.2, 0.25) is 0 Å². The highest BCUT2D eigenvalue weighted by atomic mass is 16.2. The molecule has 0 aromatic carbocycles. The number of amides is 1. The van der Waals surface area contributed by atoms with E-state index in [1.807, 2.05) is 0 Å². The zero-order valence-electron chi connectivity index (χ0n) is 17.9. The van der Waals surface area contributed by atoms with Gasteiger partial charge in [-0.25, -0.2) is 0 Å². The van der Waals surface area contributed by atoms with Gasteiger partial charge in [-0.05, 0) is 70.1 Å². The Morgan fingerprint density at radius 1 is 0.964 bits per heavy atom. The minimum Gasteiger partial charge on any atom is -0.357 e. The Morgan fingerprint density at radius 3 is 2.11 bits per heavy atom. The first-order chi connectivity index (χ1) is 13.7. The molecule has 1 amide bonds. The van der Waals surface area contributed by atoms with Crippen molar-refractivity contribution in [1.29, 1.82) is 0 Å². The van der Waals surface area contributed by atoms with E-state index in [0.29, 0.717) is 5.91 Å². The highest BCUT2D eigenvalue weighted by Gasteiger charge is 2.41. The van der Waals surface area contributed by atoms with E-state index >= 15 is 0 Å². The molecule has 0 bridgehead atoms. The number of nitrogens with zero attached hydrogens (tertiary/aromatic N) is 4. The van der Waals surface area contributed by atoms with Crippen LogP contribution in [0.1, 0.15) is 52.4 Å². The molecule has 2 aliphatic carbocycles. The van der Waals surface area contributed by atoms with Crippen molar-refractivity contribution in [2.75, 3.05) is 52.4 Å². The second-order valence-corrected chi connectivity index (χ2v) is 9.26. The Labute approximate surface area is 170 Å². The first kappa shape index (κ1) is 20.0. The molecule has 2 saturated heterocycles. The molecule has 6 nitrogen and oxygen atoms in total. The average Bonchev–Trinajstić information content (AvgIpc) is 3.66. The quantitative estimate of drug-likeness (QED) is 0.535. The number of rotatable bonds is 7. The predicted molar refractivity (Wildman–Crippen MR) is 113 cm³/mol. The third-order valence-corrected chi connectivity index (χ3v) is 7.18. The zero-order valence-corrected chi connectivity index (χ0v) is 17.9. The topological polar surface area (TPSA) is 51.2 Å². The fourth-order valence-corrected chi connectivity index (χ4v) is 5.03. The average molecular weight is 390 g/mol. The molecular formula is C22H39N5O. The summed E-state index contributed by atoms with van der Waals surface area (Å²) in [7, 11) is 0. The largest absolute Gasteiger partial charge is 0.357 e. The van der Waals surface area contributed by atoms with Crippen LogP contribution in [0.15, 0.2) is 4.99 Å². The van der Waals surface area contributed by atoms with E-state index in [9.17, 15) is 4.79 Å². The van der Waals surface area contributed by atoms with Crippen molar-refractivity contribution in [2.45, 2.75) is 58.4 Å². The summed E-state index contributed by atoms with van der Waals surface area (Å²) >= 11 is 0. The first-order valence-corrected chi connectivity index (χ1v) is 11.7. The summed E-state index contributed by atoms with van der Waals surface area (Å²) in [4.78, 5) is 24.6. The first-order valence-electron chi connectivity index (χ1n) is 11.7. The number of carbonyl (C=O) groups excluding carboxylic acids is 1. The van der Waals surface area contributed by atoms with E-state index < -0.39 is 0 Å². The molecule has 0 spiro atoms. The minimum absolute atomic E-state index is 0.00823. The van der Waals surface area contributed by atoms with Gasteiger partial charge in [-0.1, -0.05) is 0 Å². The van der Waals surface area contributed by atoms with Crippen molar-refractivity contribution < 1.29 is 4.79 Å².